The van der Waals surface area contributed by atoms with Crippen LogP contribution < -0.4 is 11.5 Å². The van der Waals surface area contributed by atoms with E-state index in [9.17, 15) is 9.59 Å². The first-order valence-electron chi connectivity index (χ1n) is 3.46. The Morgan fingerprint density at radius 1 is 1.14 bits per heavy atom. The molecular weight excluding hydrogens is 196 g/mol. The lowest BCUT2D eigenvalue weighted by atomic mass is 10.2. The van der Waals surface area contributed by atoms with E-state index in [0.29, 0.717) is 0 Å². The maximum absolute atomic E-state index is 9.99. The molecule has 82 valence electrons. The normalized spacial score (nSPS) is 10.6. The van der Waals surface area contributed by atoms with Crippen molar-refractivity contribution in [3.8, 4) is 0 Å². The zero-order valence-corrected chi connectivity index (χ0v) is 7.21. The van der Waals surface area contributed by atoms with Crippen LogP contribution in [0.15, 0.2) is 0 Å². The fourth-order valence-electron chi connectivity index (χ4n) is 0.402. The van der Waals surface area contributed by atoms with Crippen molar-refractivity contribution < 1.29 is 29.7 Å². The minimum Gasteiger partial charge on any atom is -0.481 e. The highest BCUT2D eigenvalue weighted by atomic mass is 16.4. The predicted octanol–water partition coefficient (Wildman–Crippen LogP) is -1.11. The lowest BCUT2D eigenvalue weighted by Gasteiger charge is -2.01. The Morgan fingerprint density at radius 2 is 1.50 bits per heavy atom. The van der Waals surface area contributed by atoms with Crippen LogP contribution in [-0.2, 0) is 9.59 Å². The third-order valence-corrected chi connectivity index (χ3v) is 0.986. The molecule has 0 spiro atoms. The van der Waals surface area contributed by atoms with E-state index in [1.54, 1.807) is 0 Å². The minimum atomic E-state index is -1.33. The van der Waals surface area contributed by atoms with Gasteiger partial charge in [0.25, 0.3) is 0 Å². The van der Waals surface area contributed by atoms with Gasteiger partial charge in [0.05, 0.1) is 0 Å². The molecule has 0 radical (unpaired) electrons. The van der Waals surface area contributed by atoms with Crippen LogP contribution in [0, 0.1) is 0 Å². The molecule has 1 amide bonds. The summed E-state index contributed by atoms with van der Waals surface area (Å²) < 4.78 is 0. The molecule has 0 aromatic heterocycles. The third-order valence-electron chi connectivity index (χ3n) is 0.986. The summed E-state index contributed by atoms with van der Waals surface area (Å²) in [6.45, 7) is 0. The molecule has 0 aromatic carbocycles. The molecule has 7 N–H and O–H groups in total. The van der Waals surface area contributed by atoms with Crippen LogP contribution in [0.3, 0.4) is 0 Å². The Morgan fingerprint density at radius 3 is 1.71 bits per heavy atom. The van der Waals surface area contributed by atoms with E-state index in [1.807, 2.05) is 0 Å². The summed E-state index contributed by atoms with van der Waals surface area (Å²) in [4.78, 5) is 28.6. The summed E-state index contributed by atoms with van der Waals surface area (Å²) in [6.07, 6.45) is -1.56. The molecule has 0 heterocycles. The van der Waals surface area contributed by atoms with Gasteiger partial charge in [0.1, 0.15) is 6.04 Å². The third kappa shape index (κ3) is 16.6. The van der Waals surface area contributed by atoms with Gasteiger partial charge >= 0.3 is 18.0 Å². The average Bonchev–Trinajstić information content (AvgIpc) is 1.98. The summed E-state index contributed by atoms with van der Waals surface area (Å²) in [6, 6.07) is -1.06. The van der Waals surface area contributed by atoms with Crippen molar-refractivity contribution in [2.75, 3.05) is 0 Å². The first-order chi connectivity index (χ1) is 6.27. The van der Waals surface area contributed by atoms with E-state index < -0.39 is 24.1 Å². The van der Waals surface area contributed by atoms with E-state index in [2.05, 4.69) is 5.73 Å². The zero-order valence-electron chi connectivity index (χ0n) is 7.21. The van der Waals surface area contributed by atoms with E-state index >= 15 is 0 Å². The number of hydrogen-bond acceptors (Lipinski definition) is 4. The van der Waals surface area contributed by atoms with Crippen molar-refractivity contribution in [2.45, 2.75) is 18.9 Å². The van der Waals surface area contributed by atoms with Crippen LogP contribution in [-0.4, -0.2) is 39.4 Å². The van der Waals surface area contributed by atoms with Gasteiger partial charge in [0.15, 0.2) is 0 Å². The summed E-state index contributed by atoms with van der Waals surface area (Å²) in [5.41, 5.74) is 9.03. The molecular formula is C6H12N2O6. The van der Waals surface area contributed by atoms with E-state index in [0.717, 1.165) is 0 Å². The number of primary amides is 1. The highest BCUT2D eigenvalue weighted by molar-refractivity contribution is 5.74. The van der Waals surface area contributed by atoms with Gasteiger partial charge in [-0.25, -0.2) is 4.79 Å². The number of aliphatic carboxylic acids is 2. The van der Waals surface area contributed by atoms with Gasteiger partial charge < -0.3 is 26.8 Å². The van der Waals surface area contributed by atoms with Crippen LogP contribution in [0.25, 0.3) is 0 Å². The Labute approximate surface area is 79.1 Å². The van der Waals surface area contributed by atoms with E-state index in [-0.39, 0.29) is 12.8 Å². The Hall–Kier alpha value is -1.83. The zero-order chi connectivity index (χ0) is 11.7. The quantitative estimate of drug-likeness (QED) is 0.390. The fourth-order valence-corrected chi connectivity index (χ4v) is 0.402. The van der Waals surface area contributed by atoms with Crippen LogP contribution in [0.1, 0.15) is 12.8 Å². The molecule has 0 saturated heterocycles. The monoisotopic (exact) mass is 208 g/mol. The molecule has 0 unspecified atom stereocenters. The molecule has 0 aliphatic carbocycles. The summed E-state index contributed by atoms with van der Waals surface area (Å²) in [5.74, 6) is -2.20. The maximum atomic E-state index is 9.99. The first kappa shape index (κ1) is 14.7. The van der Waals surface area contributed by atoms with Gasteiger partial charge in [-0.1, -0.05) is 0 Å². The van der Waals surface area contributed by atoms with Gasteiger partial charge in [0.2, 0.25) is 0 Å². The molecule has 0 aliphatic heterocycles. The van der Waals surface area contributed by atoms with Gasteiger partial charge in [0, 0.05) is 6.42 Å². The van der Waals surface area contributed by atoms with Crippen molar-refractivity contribution in [2.24, 2.45) is 11.5 Å². The molecule has 8 nitrogen and oxygen atoms in total. The van der Waals surface area contributed by atoms with Gasteiger partial charge in [-0.15, -0.1) is 0 Å². The van der Waals surface area contributed by atoms with Gasteiger partial charge in [-0.2, -0.15) is 0 Å². The molecule has 0 bridgehead atoms. The van der Waals surface area contributed by atoms with Crippen LogP contribution in [0.2, 0.25) is 0 Å². The minimum absolute atomic E-state index is 0.0231. The summed E-state index contributed by atoms with van der Waals surface area (Å²) >= 11 is 0. The summed E-state index contributed by atoms with van der Waals surface area (Å²) in [5, 5.41) is 23.5. The molecule has 0 aromatic rings. The van der Waals surface area contributed by atoms with Crippen molar-refractivity contribution >= 4 is 18.0 Å². The second kappa shape index (κ2) is 7.80. The molecule has 0 aliphatic rings. The largest absolute Gasteiger partial charge is 0.481 e. The Kier molecular flexibility index (Phi) is 8.18. The lowest BCUT2D eigenvalue weighted by molar-refractivity contribution is -0.139. The van der Waals surface area contributed by atoms with Crippen LogP contribution >= 0.6 is 0 Å². The van der Waals surface area contributed by atoms with Crippen molar-refractivity contribution in [3.05, 3.63) is 0 Å². The second-order valence-electron chi connectivity index (χ2n) is 2.22. The molecule has 0 rings (SSSR count). The van der Waals surface area contributed by atoms with E-state index in [4.69, 9.17) is 25.8 Å². The smallest absolute Gasteiger partial charge is 0.402 e. The lowest BCUT2D eigenvalue weighted by Crippen LogP contribution is -2.30. The molecule has 8 heteroatoms. The number of rotatable bonds is 4. The number of carboxylic acids is 2. The highest BCUT2D eigenvalue weighted by Crippen LogP contribution is 1.93. The highest BCUT2D eigenvalue weighted by Gasteiger charge is 2.12. The maximum Gasteiger partial charge on any atom is 0.402 e. The average molecular weight is 208 g/mol. The molecule has 14 heavy (non-hydrogen) atoms. The van der Waals surface area contributed by atoms with Gasteiger partial charge in [-0.3, -0.25) is 9.59 Å². The fraction of sp³-hybridized carbons (Fsp3) is 0.500. The molecule has 1 atom stereocenters. The second-order valence-corrected chi connectivity index (χ2v) is 2.22. The Balaban J connectivity index is 0. The standard InChI is InChI=1S/C5H9NO4.CH3NO2/c6-3(5(9)10)1-2-4(7)8;2-1(3)4/h3H,1-2,6H2,(H,7,8)(H,9,10);2H2,(H,3,4)/t3-;/m0./s1. The van der Waals surface area contributed by atoms with Crippen molar-refractivity contribution in [1.82, 2.24) is 0 Å². The predicted molar refractivity (Wildman–Crippen MR) is 44.7 cm³/mol. The van der Waals surface area contributed by atoms with Crippen molar-refractivity contribution in [3.63, 3.8) is 0 Å². The first-order valence-corrected chi connectivity index (χ1v) is 3.46. The van der Waals surface area contributed by atoms with Crippen LogP contribution in [0.5, 0.6) is 0 Å². The number of hydrogen-bond donors (Lipinski definition) is 5. The topological polar surface area (TPSA) is 164 Å². The molecule has 0 saturated carbocycles. The van der Waals surface area contributed by atoms with Gasteiger partial charge in [-0.05, 0) is 6.42 Å². The number of carboxylic acid groups (broad SMARTS) is 3. The summed E-state index contributed by atoms with van der Waals surface area (Å²) in [7, 11) is 0. The Bertz CT molecular complexity index is 212. The number of amides is 1. The molecule has 0 fully saturated rings. The van der Waals surface area contributed by atoms with E-state index in [1.165, 1.54) is 0 Å². The van der Waals surface area contributed by atoms with Crippen molar-refractivity contribution in [1.29, 1.82) is 0 Å². The number of nitrogens with two attached hydrogens (primary N) is 2. The number of carbonyl (C=O) groups is 3. The van der Waals surface area contributed by atoms with Crippen LogP contribution in [0.4, 0.5) is 4.79 Å². The SMILES string of the molecule is NC(=O)O.N[C@@H](CCC(=O)O)C(=O)O.